The molecular formula is C10H12BrNO2S. The van der Waals surface area contributed by atoms with Crippen LogP contribution >= 0.6 is 15.9 Å². The summed E-state index contributed by atoms with van der Waals surface area (Å²) in [6.45, 7) is 0. The zero-order valence-electron chi connectivity index (χ0n) is 8.11. The highest BCUT2D eigenvalue weighted by atomic mass is 79.9. The van der Waals surface area contributed by atoms with Crippen LogP contribution in [-0.2, 0) is 10.0 Å². The Bertz CT molecular complexity index is 437. The van der Waals surface area contributed by atoms with Gasteiger partial charge < -0.3 is 0 Å². The number of benzene rings is 1. The van der Waals surface area contributed by atoms with E-state index in [1.807, 2.05) is 0 Å². The van der Waals surface area contributed by atoms with Crippen LogP contribution in [0.25, 0.3) is 0 Å². The average Bonchev–Trinajstić information content (AvgIpc) is 2.13. The quantitative estimate of drug-likeness (QED) is 0.928. The maximum atomic E-state index is 11.8. The molecular weight excluding hydrogens is 278 g/mol. The number of halogens is 1. The second-order valence-corrected chi connectivity index (χ2v) is 6.33. The zero-order chi connectivity index (χ0) is 10.9. The largest absolute Gasteiger partial charge is 0.240 e. The van der Waals surface area contributed by atoms with Gasteiger partial charge in [0.1, 0.15) is 0 Å². The fourth-order valence-corrected chi connectivity index (χ4v) is 3.00. The van der Waals surface area contributed by atoms with Crippen molar-refractivity contribution in [3.63, 3.8) is 0 Å². The number of hydrogen-bond acceptors (Lipinski definition) is 2. The molecule has 0 heterocycles. The van der Waals surface area contributed by atoms with E-state index in [4.69, 9.17) is 0 Å². The second-order valence-electron chi connectivity index (χ2n) is 3.70. The molecule has 0 aliphatic heterocycles. The Labute approximate surface area is 98.1 Å². The van der Waals surface area contributed by atoms with Gasteiger partial charge in [-0.1, -0.05) is 22.4 Å². The first-order valence-corrected chi connectivity index (χ1v) is 7.13. The summed E-state index contributed by atoms with van der Waals surface area (Å²) in [5.41, 5.74) is 0. The molecule has 82 valence electrons. The summed E-state index contributed by atoms with van der Waals surface area (Å²) in [4.78, 5) is 0.331. The Kier molecular flexibility index (Phi) is 3.13. The number of rotatable bonds is 3. The normalized spacial score (nSPS) is 17.4. The van der Waals surface area contributed by atoms with Gasteiger partial charge >= 0.3 is 0 Å². The lowest BCUT2D eigenvalue weighted by Crippen LogP contribution is -2.39. The third kappa shape index (κ3) is 2.59. The lowest BCUT2D eigenvalue weighted by atomic mass is 9.94. The number of nitrogens with one attached hydrogen (secondary N) is 1. The molecule has 2 rings (SSSR count). The lowest BCUT2D eigenvalue weighted by molar-refractivity contribution is 0.383. The van der Waals surface area contributed by atoms with Crippen molar-refractivity contribution in [1.29, 1.82) is 0 Å². The molecule has 1 fully saturated rings. The van der Waals surface area contributed by atoms with E-state index in [0.717, 1.165) is 23.7 Å². The first-order valence-electron chi connectivity index (χ1n) is 4.86. The highest BCUT2D eigenvalue weighted by Crippen LogP contribution is 2.21. The standard InChI is InChI=1S/C10H12BrNO2S/c11-8-4-6-10(7-5-8)15(13,14)12-9-2-1-3-9/h4-7,9,12H,1-3H2. The fourth-order valence-electron chi connectivity index (χ4n) is 1.43. The summed E-state index contributed by atoms with van der Waals surface area (Å²) in [6, 6.07) is 6.81. The molecule has 0 amide bonds. The molecule has 1 aliphatic carbocycles. The SMILES string of the molecule is O=S(=O)(NC1CCC1)c1ccc(Br)cc1. The van der Waals surface area contributed by atoms with E-state index in [9.17, 15) is 8.42 Å². The van der Waals surface area contributed by atoms with Crippen molar-refractivity contribution in [2.24, 2.45) is 0 Å². The molecule has 1 saturated carbocycles. The van der Waals surface area contributed by atoms with Crippen molar-refractivity contribution >= 4 is 26.0 Å². The van der Waals surface area contributed by atoms with Crippen LogP contribution in [0.4, 0.5) is 0 Å². The number of sulfonamides is 1. The molecule has 3 nitrogen and oxygen atoms in total. The average molecular weight is 290 g/mol. The van der Waals surface area contributed by atoms with E-state index in [2.05, 4.69) is 20.7 Å². The van der Waals surface area contributed by atoms with Crippen LogP contribution in [0.15, 0.2) is 33.6 Å². The number of hydrogen-bond donors (Lipinski definition) is 1. The summed E-state index contributed by atoms with van der Waals surface area (Å²) in [7, 11) is -3.31. The first-order chi connectivity index (χ1) is 7.08. The molecule has 0 aromatic heterocycles. The van der Waals surface area contributed by atoms with Crippen LogP contribution in [-0.4, -0.2) is 14.5 Å². The summed E-state index contributed by atoms with van der Waals surface area (Å²) in [5.74, 6) is 0. The Morgan fingerprint density at radius 1 is 1.20 bits per heavy atom. The van der Waals surface area contributed by atoms with Crippen LogP contribution in [0.1, 0.15) is 19.3 Å². The van der Waals surface area contributed by atoms with E-state index in [1.165, 1.54) is 0 Å². The molecule has 0 bridgehead atoms. The van der Waals surface area contributed by atoms with E-state index in [-0.39, 0.29) is 6.04 Å². The minimum atomic E-state index is -3.31. The molecule has 1 aromatic rings. The molecule has 1 aliphatic rings. The molecule has 0 atom stereocenters. The lowest BCUT2D eigenvalue weighted by Gasteiger charge is -2.26. The van der Waals surface area contributed by atoms with Gasteiger partial charge in [-0.3, -0.25) is 0 Å². The second kappa shape index (κ2) is 4.23. The van der Waals surface area contributed by atoms with Crippen LogP contribution in [0.2, 0.25) is 0 Å². The summed E-state index contributed by atoms with van der Waals surface area (Å²) in [6.07, 6.45) is 3.03. The van der Waals surface area contributed by atoms with E-state index in [1.54, 1.807) is 24.3 Å². The van der Waals surface area contributed by atoms with E-state index in [0.29, 0.717) is 4.90 Å². The Balaban J connectivity index is 2.17. The van der Waals surface area contributed by atoms with Gasteiger partial charge in [-0.25, -0.2) is 13.1 Å². The van der Waals surface area contributed by atoms with Crippen molar-refractivity contribution in [2.75, 3.05) is 0 Å². The minimum absolute atomic E-state index is 0.138. The molecule has 1 N–H and O–H groups in total. The van der Waals surface area contributed by atoms with Gasteiger partial charge in [-0.15, -0.1) is 0 Å². The molecule has 0 radical (unpaired) electrons. The maximum absolute atomic E-state index is 11.8. The van der Waals surface area contributed by atoms with Crippen molar-refractivity contribution < 1.29 is 8.42 Å². The third-order valence-electron chi connectivity index (χ3n) is 2.55. The van der Waals surface area contributed by atoms with Gasteiger partial charge in [0.15, 0.2) is 0 Å². The fraction of sp³-hybridized carbons (Fsp3) is 0.400. The highest BCUT2D eigenvalue weighted by molar-refractivity contribution is 9.10. The van der Waals surface area contributed by atoms with Gasteiger partial charge in [-0.05, 0) is 37.1 Å². The monoisotopic (exact) mass is 289 g/mol. The van der Waals surface area contributed by atoms with E-state index < -0.39 is 10.0 Å². The zero-order valence-corrected chi connectivity index (χ0v) is 10.5. The van der Waals surface area contributed by atoms with Crippen molar-refractivity contribution in [1.82, 2.24) is 4.72 Å². The predicted octanol–water partition coefficient (Wildman–Crippen LogP) is 2.28. The summed E-state index contributed by atoms with van der Waals surface area (Å²) in [5, 5.41) is 0. The van der Waals surface area contributed by atoms with Gasteiger partial charge in [-0.2, -0.15) is 0 Å². The molecule has 1 aromatic carbocycles. The Morgan fingerprint density at radius 3 is 2.27 bits per heavy atom. The van der Waals surface area contributed by atoms with Gasteiger partial charge in [0.05, 0.1) is 4.90 Å². The molecule has 0 spiro atoms. The summed E-state index contributed by atoms with van der Waals surface area (Å²) < 4.78 is 27.2. The van der Waals surface area contributed by atoms with Crippen molar-refractivity contribution in [2.45, 2.75) is 30.2 Å². The van der Waals surface area contributed by atoms with Gasteiger partial charge in [0.2, 0.25) is 10.0 Å². The van der Waals surface area contributed by atoms with Crippen LogP contribution in [0, 0.1) is 0 Å². The Hall–Kier alpha value is -0.390. The molecule has 5 heteroatoms. The highest BCUT2D eigenvalue weighted by Gasteiger charge is 2.24. The maximum Gasteiger partial charge on any atom is 0.240 e. The van der Waals surface area contributed by atoms with Crippen LogP contribution < -0.4 is 4.72 Å². The molecule has 0 saturated heterocycles. The smallest absolute Gasteiger partial charge is 0.208 e. The Morgan fingerprint density at radius 2 is 1.80 bits per heavy atom. The van der Waals surface area contributed by atoms with Gasteiger partial charge in [0.25, 0.3) is 0 Å². The van der Waals surface area contributed by atoms with Crippen LogP contribution in [0.3, 0.4) is 0 Å². The van der Waals surface area contributed by atoms with Crippen molar-refractivity contribution in [3.05, 3.63) is 28.7 Å². The summed E-state index contributed by atoms with van der Waals surface area (Å²) >= 11 is 3.27. The molecule has 15 heavy (non-hydrogen) atoms. The minimum Gasteiger partial charge on any atom is -0.208 e. The van der Waals surface area contributed by atoms with Crippen molar-refractivity contribution in [3.8, 4) is 0 Å². The van der Waals surface area contributed by atoms with E-state index >= 15 is 0 Å². The topological polar surface area (TPSA) is 46.2 Å². The predicted molar refractivity (Wildman–Crippen MR) is 62.1 cm³/mol. The third-order valence-corrected chi connectivity index (χ3v) is 4.62. The van der Waals surface area contributed by atoms with Crippen LogP contribution in [0.5, 0.6) is 0 Å². The van der Waals surface area contributed by atoms with Gasteiger partial charge in [0, 0.05) is 10.5 Å². The molecule has 0 unspecified atom stereocenters. The first kappa shape index (κ1) is 11.1.